The van der Waals surface area contributed by atoms with Crippen LogP contribution in [0, 0.1) is 12.3 Å². The molecule has 0 aromatic heterocycles. The standard InChI is InChI=1S/C20H13ClN2O4/c1-2-10-27-17-9-8-13(12-16(17)21)11-15-18(24)22-20(26)23(19(15)25)14-6-4-3-5-7-14/h1,3-9,11-12H,10H2,(H,22,24,26)/b15-11+. The van der Waals surface area contributed by atoms with Crippen LogP contribution in [0.15, 0.2) is 54.1 Å². The van der Waals surface area contributed by atoms with Gasteiger partial charge < -0.3 is 4.74 Å². The highest BCUT2D eigenvalue weighted by molar-refractivity contribution is 6.39. The number of urea groups is 1. The zero-order chi connectivity index (χ0) is 19.4. The van der Waals surface area contributed by atoms with Gasteiger partial charge in [0.05, 0.1) is 10.7 Å². The number of rotatable bonds is 4. The van der Waals surface area contributed by atoms with E-state index in [0.29, 0.717) is 17.0 Å². The molecule has 1 heterocycles. The van der Waals surface area contributed by atoms with Gasteiger partial charge in [-0.05, 0) is 35.9 Å². The Morgan fingerprint density at radius 1 is 1.15 bits per heavy atom. The summed E-state index contributed by atoms with van der Waals surface area (Å²) in [6.07, 6.45) is 6.50. The Bertz CT molecular complexity index is 993. The van der Waals surface area contributed by atoms with Crippen LogP contribution in [0.3, 0.4) is 0 Å². The number of carbonyl (C=O) groups excluding carboxylic acids is 3. The number of ether oxygens (including phenoxy) is 1. The Kier molecular flexibility index (Phi) is 5.25. The van der Waals surface area contributed by atoms with E-state index in [2.05, 4.69) is 11.2 Å². The van der Waals surface area contributed by atoms with E-state index in [1.807, 2.05) is 0 Å². The van der Waals surface area contributed by atoms with Crippen LogP contribution in [0.1, 0.15) is 5.56 Å². The summed E-state index contributed by atoms with van der Waals surface area (Å²) in [5, 5.41) is 2.44. The maximum absolute atomic E-state index is 12.7. The van der Waals surface area contributed by atoms with Crippen LogP contribution in [0.25, 0.3) is 6.08 Å². The Hall–Kier alpha value is -3.56. The normalized spacial score (nSPS) is 15.5. The highest BCUT2D eigenvalue weighted by Crippen LogP contribution is 2.27. The fourth-order valence-electron chi connectivity index (χ4n) is 2.48. The molecule has 2 aromatic carbocycles. The topological polar surface area (TPSA) is 75.7 Å². The summed E-state index contributed by atoms with van der Waals surface area (Å²) in [7, 11) is 0. The first-order valence-corrected chi connectivity index (χ1v) is 8.21. The van der Waals surface area contributed by atoms with Crippen molar-refractivity contribution >= 4 is 41.2 Å². The molecule has 0 bridgehead atoms. The fourth-order valence-corrected chi connectivity index (χ4v) is 2.72. The third-order valence-corrected chi connectivity index (χ3v) is 3.99. The molecule has 6 nitrogen and oxygen atoms in total. The average Bonchev–Trinajstić information content (AvgIpc) is 2.65. The molecule has 134 valence electrons. The number of terminal acetylenes is 1. The summed E-state index contributed by atoms with van der Waals surface area (Å²) in [5.41, 5.74) is 0.662. The smallest absolute Gasteiger partial charge is 0.335 e. The van der Waals surface area contributed by atoms with Crippen LogP contribution < -0.4 is 15.0 Å². The Labute approximate surface area is 160 Å². The number of amides is 4. The summed E-state index contributed by atoms with van der Waals surface area (Å²) in [6.45, 7) is 0.0647. The van der Waals surface area contributed by atoms with Gasteiger partial charge in [-0.2, -0.15) is 0 Å². The Morgan fingerprint density at radius 2 is 1.89 bits per heavy atom. The summed E-state index contributed by atoms with van der Waals surface area (Å²) in [5.74, 6) is 1.22. The van der Waals surface area contributed by atoms with Crippen molar-refractivity contribution in [1.29, 1.82) is 0 Å². The van der Waals surface area contributed by atoms with Crippen LogP contribution in [0.2, 0.25) is 5.02 Å². The second kappa shape index (κ2) is 7.77. The minimum atomic E-state index is -0.801. The third-order valence-electron chi connectivity index (χ3n) is 3.69. The first-order valence-electron chi connectivity index (χ1n) is 7.83. The van der Waals surface area contributed by atoms with E-state index in [-0.39, 0.29) is 17.2 Å². The molecular weight excluding hydrogens is 368 g/mol. The van der Waals surface area contributed by atoms with Crippen LogP contribution in [0.4, 0.5) is 10.5 Å². The second-order valence-electron chi connectivity index (χ2n) is 5.48. The van der Waals surface area contributed by atoms with Crippen molar-refractivity contribution in [2.24, 2.45) is 0 Å². The lowest BCUT2D eigenvalue weighted by atomic mass is 10.1. The van der Waals surface area contributed by atoms with E-state index < -0.39 is 17.8 Å². The van der Waals surface area contributed by atoms with Crippen molar-refractivity contribution in [2.45, 2.75) is 0 Å². The maximum Gasteiger partial charge on any atom is 0.335 e. The zero-order valence-corrected chi connectivity index (χ0v) is 14.7. The number of hydrogen-bond acceptors (Lipinski definition) is 4. The lowest BCUT2D eigenvalue weighted by Gasteiger charge is -2.26. The van der Waals surface area contributed by atoms with Crippen LogP contribution in [-0.4, -0.2) is 24.5 Å². The SMILES string of the molecule is C#CCOc1ccc(/C=C2\C(=O)NC(=O)N(c3ccccc3)C2=O)cc1Cl. The van der Waals surface area contributed by atoms with Crippen molar-refractivity contribution in [3.63, 3.8) is 0 Å². The molecule has 0 radical (unpaired) electrons. The lowest BCUT2D eigenvalue weighted by molar-refractivity contribution is -0.122. The van der Waals surface area contributed by atoms with Gasteiger partial charge in [0.1, 0.15) is 17.9 Å². The number of barbiturate groups is 1. The molecule has 3 rings (SSSR count). The van der Waals surface area contributed by atoms with Crippen molar-refractivity contribution in [2.75, 3.05) is 11.5 Å². The van der Waals surface area contributed by atoms with Crippen LogP contribution in [-0.2, 0) is 9.59 Å². The number of benzene rings is 2. The van der Waals surface area contributed by atoms with Crippen molar-refractivity contribution < 1.29 is 19.1 Å². The van der Waals surface area contributed by atoms with E-state index in [4.69, 9.17) is 22.8 Å². The predicted molar refractivity (Wildman–Crippen MR) is 101 cm³/mol. The molecule has 0 saturated carbocycles. The minimum absolute atomic E-state index is 0.0647. The average molecular weight is 381 g/mol. The number of nitrogens with zero attached hydrogens (tertiary/aromatic N) is 1. The van der Waals surface area contributed by atoms with Gasteiger partial charge in [-0.3, -0.25) is 14.9 Å². The summed E-state index contributed by atoms with van der Waals surface area (Å²) in [6, 6.07) is 12.2. The first kappa shape index (κ1) is 18.2. The number of halogens is 1. The molecule has 1 fully saturated rings. The fraction of sp³-hybridized carbons (Fsp3) is 0.0500. The Balaban J connectivity index is 1.94. The number of carbonyl (C=O) groups is 3. The Morgan fingerprint density at radius 3 is 2.56 bits per heavy atom. The number of imide groups is 2. The molecule has 1 saturated heterocycles. The maximum atomic E-state index is 12.7. The number of nitrogens with one attached hydrogen (secondary N) is 1. The van der Waals surface area contributed by atoms with Gasteiger partial charge in [0, 0.05) is 0 Å². The third kappa shape index (κ3) is 3.84. The van der Waals surface area contributed by atoms with Gasteiger partial charge >= 0.3 is 6.03 Å². The van der Waals surface area contributed by atoms with Crippen molar-refractivity contribution in [1.82, 2.24) is 5.32 Å². The molecule has 0 unspecified atom stereocenters. The van der Waals surface area contributed by atoms with E-state index in [1.54, 1.807) is 42.5 Å². The molecule has 0 spiro atoms. The number of hydrogen-bond donors (Lipinski definition) is 1. The van der Waals surface area contributed by atoms with Crippen LogP contribution >= 0.6 is 11.6 Å². The van der Waals surface area contributed by atoms with Gasteiger partial charge in [-0.15, -0.1) is 6.42 Å². The van der Waals surface area contributed by atoms with Gasteiger partial charge in [0.15, 0.2) is 0 Å². The molecule has 7 heteroatoms. The van der Waals surface area contributed by atoms with Crippen LogP contribution in [0.5, 0.6) is 5.75 Å². The molecule has 1 N–H and O–H groups in total. The molecule has 1 aliphatic rings. The van der Waals surface area contributed by atoms with E-state index in [0.717, 1.165) is 4.90 Å². The van der Waals surface area contributed by atoms with Gasteiger partial charge in [-0.1, -0.05) is 41.8 Å². The zero-order valence-electron chi connectivity index (χ0n) is 13.9. The van der Waals surface area contributed by atoms with E-state index in [1.165, 1.54) is 12.1 Å². The molecule has 27 heavy (non-hydrogen) atoms. The minimum Gasteiger partial charge on any atom is -0.479 e. The van der Waals surface area contributed by atoms with Gasteiger partial charge in [0.25, 0.3) is 11.8 Å². The molecule has 1 aliphatic heterocycles. The van der Waals surface area contributed by atoms with E-state index in [9.17, 15) is 14.4 Å². The highest BCUT2D eigenvalue weighted by Gasteiger charge is 2.36. The molecule has 0 atom stereocenters. The molecular formula is C20H13ClN2O4. The molecule has 0 aliphatic carbocycles. The lowest BCUT2D eigenvalue weighted by Crippen LogP contribution is -2.54. The van der Waals surface area contributed by atoms with Crippen molar-refractivity contribution in [3.8, 4) is 18.1 Å². The van der Waals surface area contributed by atoms with E-state index >= 15 is 0 Å². The quantitative estimate of drug-likeness (QED) is 0.502. The van der Waals surface area contributed by atoms with Gasteiger partial charge in [-0.25, -0.2) is 9.69 Å². The molecule has 2 aromatic rings. The molecule has 4 amide bonds. The largest absolute Gasteiger partial charge is 0.479 e. The first-order chi connectivity index (χ1) is 13.0. The number of para-hydroxylation sites is 1. The van der Waals surface area contributed by atoms with Crippen molar-refractivity contribution in [3.05, 3.63) is 64.7 Å². The van der Waals surface area contributed by atoms with Gasteiger partial charge in [0.2, 0.25) is 0 Å². The monoisotopic (exact) mass is 380 g/mol. The second-order valence-corrected chi connectivity index (χ2v) is 5.88. The summed E-state index contributed by atoms with van der Waals surface area (Å²) in [4.78, 5) is 37.9. The summed E-state index contributed by atoms with van der Waals surface area (Å²) >= 11 is 6.13. The predicted octanol–water partition coefficient (Wildman–Crippen LogP) is 3.02. The highest BCUT2D eigenvalue weighted by atomic mass is 35.5. The number of anilines is 1. The summed E-state index contributed by atoms with van der Waals surface area (Å²) < 4.78 is 5.27.